The van der Waals surface area contributed by atoms with E-state index in [1.807, 2.05) is 0 Å². The summed E-state index contributed by atoms with van der Waals surface area (Å²) in [5.41, 5.74) is 5.46. The minimum atomic E-state index is -0.399. The summed E-state index contributed by atoms with van der Waals surface area (Å²) in [4.78, 5) is 11.5. The first-order chi connectivity index (χ1) is 6.74. The fourth-order valence-electron chi connectivity index (χ4n) is 1.21. The lowest BCUT2D eigenvalue weighted by molar-refractivity contribution is 0.268. The molecular formula is C9H11N3O2. The average molecular weight is 193 g/mol. The highest BCUT2D eigenvalue weighted by molar-refractivity contribution is 5.27. The van der Waals surface area contributed by atoms with Crippen molar-refractivity contribution >= 4 is 0 Å². The highest BCUT2D eigenvalue weighted by Gasteiger charge is 2.06. The largest absolute Gasteiger partial charge is 0.390 e. The first kappa shape index (κ1) is 10.4. The van der Waals surface area contributed by atoms with Crippen molar-refractivity contribution in [2.24, 2.45) is 5.73 Å². The monoisotopic (exact) mass is 193 g/mol. The Morgan fingerprint density at radius 1 is 1.57 bits per heavy atom. The molecule has 0 aliphatic rings. The second-order valence-corrected chi connectivity index (χ2v) is 2.75. The molecule has 0 aromatic carbocycles. The zero-order valence-electron chi connectivity index (χ0n) is 7.60. The minimum Gasteiger partial charge on any atom is -0.390 e. The van der Waals surface area contributed by atoms with Crippen molar-refractivity contribution in [2.45, 2.75) is 13.2 Å². The van der Waals surface area contributed by atoms with Crippen LogP contribution in [0.4, 0.5) is 0 Å². The van der Waals surface area contributed by atoms with E-state index in [0.29, 0.717) is 18.8 Å². The first-order valence-corrected chi connectivity index (χ1v) is 4.18. The Kier molecular flexibility index (Phi) is 3.40. The average Bonchev–Trinajstić information content (AvgIpc) is 2.21. The molecule has 5 nitrogen and oxygen atoms in total. The van der Waals surface area contributed by atoms with Gasteiger partial charge in [-0.3, -0.25) is 4.79 Å². The molecule has 0 amide bonds. The smallest absolute Gasteiger partial charge is 0.268 e. The molecule has 1 aromatic rings. The number of pyridine rings is 1. The molecule has 1 heterocycles. The summed E-state index contributed by atoms with van der Waals surface area (Å²) in [5, 5.41) is 17.6. The van der Waals surface area contributed by atoms with Crippen LogP contribution in [0.15, 0.2) is 16.9 Å². The lowest BCUT2D eigenvalue weighted by Crippen LogP contribution is -2.28. The third-order valence-corrected chi connectivity index (χ3v) is 1.90. The lowest BCUT2D eigenvalue weighted by Gasteiger charge is -2.09. The van der Waals surface area contributed by atoms with Gasteiger partial charge >= 0.3 is 0 Å². The van der Waals surface area contributed by atoms with Gasteiger partial charge in [0, 0.05) is 18.8 Å². The molecule has 5 heteroatoms. The van der Waals surface area contributed by atoms with Crippen LogP contribution in [0.3, 0.4) is 0 Å². The van der Waals surface area contributed by atoms with E-state index in [1.165, 1.54) is 10.6 Å². The number of aromatic nitrogens is 1. The van der Waals surface area contributed by atoms with Crippen LogP contribution in [0, 0.1) is 11.3 Å². The zero-order chi connectivity index (χ0) is 10.6. The minimum absolute atomic E-state index is 0.0654. The molecule has 1 aromatic heterocycles. The molecule has 14 heavy (non-hydrogen) atoms. The van der Waals surface area contributed by atoms with Crippen LogP contribution in [-0.4, -0.2) is 16.2 Å². The normalized spacial score (nSPS) is 9.79. The molecule has 0 bridgehead atoms. The van der Waals surface area contributed by atoms with Crippen molar-refractivity contribution in [2.75, 3.05) is 6.54 Å². The number of nitriles is 1. The fraction of sp³-hybridized carbons (Fsp3) is 0.333. The summed E-state index contributed by atoms with van der Waals surface area (Å²) in [6.07, 6.45) is 0. The van der Waals surface area contributed by atoms with Gasteiger partial charge in [-0.25, -0.2) is 0 Å². The Labute approximate surface area is 81.0 Å². The molecular weight excluding hydrogens is 182 g/mol. The number of nitrogens with two attached hydrogens (primary N) is 1. The van der Waals surface area contributed by atoms with Crippen LogP contribution in [-0.2, 0) is 13.2 Å². The van der Waals surface area contributed by atoms with E-state index < -0.39 is 5.56 Å². The van der Waals surface area contributed by atoms with Crippen molar-refractivity contribution in [3.8, 4) is 6.07 Å². The molecule has 0 aliphatic heterocycles. The Bertz CT molecular complexity index is 417. The second kappa shape index (κ2) is 4.56. The van der Waals surface area contributed by atoms with E-state index in [1.54, 1.807) is 12.1 Å². The number of nitrogens with zero attached hydrogens (tertiary/aromatic N) is 2. The third-order valence-electron chi connectivity index (χ3n) is 1.90. The molecule has 0 fully saturated rings. The molecule has 0 saturated heterocycles. The van der Waals surface area contributed by atoms with E-state index in [9.17, 15) is 4.79 Å². The summed E-state index contributed by atoms with van der Waals surface area (Å²) in [6.45, 7) is 0.368. The fourth-order valence-corrected chi connectivity index (χ4v) is 1.21. The van der Waals surface area contributed by atoms with Crippen LogP contribution < -0.4 is 11.3 Å². The van der Waals surface area contributed by atoms with E-state index in [0.717, 1.165) is 0 Å². The SMILES string of the molecule is N#Cc1ccc(CO)n(CCN)c1=O. The Morgan fingerprint density at radius 3 is 2.79 bits per heavy atom. The number of rotatable bonds is 3. The first-order valence-electron chi connectivity index (χ1n) is 4.18. The van der Waals surface area contributed by atoms with E-state index in [4.69, 9.17) is 16.1 Å². The van der Waals surface area contributed by atoms with Crippen LogP contribution in [0.2, 0.25) is 0 Å². The van der Waals surface area contributed by atoms with Crippen molar-refractivity contribution in [1.82, 2.24) is 4.57 Å². The molecule has 0 spiro atoms. The summed E-state index contributed by atoms with van der Waals surface area (Å²) < 4.78 is 1.32. The van der Waals surface area contributed by atoms with Gasteiger partial charge in [-0.15, -0.1) is 0 Å². The van der Waals surface area contributed by atoms with Gasteiger partial charge in [0.1, 0.15) is 11.6 Å². The van der Waals surface area contributed by atoms with E-state index >= 15 is 0 Å². The number of aliphatic hydroxyl groups excluding tert-OH is 1. The summed E-state index contributed by atoms with van der Waals surface area (Å²) in [6, 6.07) is 4.74. The maximum atomic E-state index is 11.5. The Hall–Kier alpha value is -1.64. The molecule has 0 saturated carbocycles. The van der Waals surface area contributed by atoms with Crippen LogP contribution in [0.5, 0.6) is 0 Å². The lowest BCUT2D eigenvalue weighted by atomic mass is 10.2. The zero-order valence-corrected chi connectivity index (χ0v) is 7.60. The van der Waals surface area contributed by atoms with E-state index in [2.05, 4.69) is 0 Å². The molecule has 0 radical (unpaired) electrons. The number of aliphatic hydroxyl groups is 1. The van der Waals surface area contributed by atoms with Crippen molar-refractivity contribution < 1.29 is 5.11 Å². The molecule has 74 valence electrons. The highest BCUT2D eigenvalue weighted by Crippen LogP contribution is 1.98. The van der Waals surface area contributed by atoms with Gasteiger partial charge in [0.2, 0.25) is 0 Å². The van der Waals surface area contributed by atoms with Crippen LogP contribution in [0.1, 0.15) is 11.3 Å². The number of hydrogen-bond acceptors (Lipinski definition) is 4. The molecule has 0 atom stereocenters. The van der Waals surface area contributed by atoms with Gasteiger partial charge in [-0.05, 0) is 12.1 Å². The molecule has 0 aliphatic carbocycles. The quantitative estimate of drug-likeness (QED) is 0.655. The van der Waals surface area contributed by atoms with Gasteiger partial charge in [-0.1, -0.05) is 0 Å². The summed E-state index contributed by atoms with van der Waals surface area (Å²) in [7, 11) is 0. The molecule has 0 unspecified atom stereocenters. The van der Waals surface area contributed by atoms with Gasteiger partial charge in [0.05, 0.1) is 6.61 Å². The topological polar surface area (TPSA) is 92.0 Å². The predicted molar refractivity (Wildman–Crippen MR) is 50.4 cm³/mol. The standard InChI is InChI=1S/C9H11N3O2/c10-3-4-12-8(6-13)2-1-7(5-11)9(12)14/h1-2,13H,3-4,6,10H2. The van der Waals surface area contributed by atoms with Crippen LogP contribution >= 0.6 is 0 Å². The van der Waals surface area contributed by atoms with Gasteiger partial charge < -0.3 is 15.4 Å². The Morgan fingerprint density at radius 2 is 2.29 bits per heavy atom. The van der Waals surface area contributed by atoms with Gasteiger partial charge in [0.15, 0.2) is 0 Å². The third kappa shape index (κ3) is 1.82. The summed E-state index contributed by atoms with van der Waals surface area (Å²) in [5.74, 6) is 0. The molecule has 3 N–H and O–H groups in total. The predicted octanol–water partition coefficient (Wildman–Crippen LogP) is -0.829. The Balaban J connectivity index is 3.33. The van der Waals surface area contributed by atoms with Gasteiger partial charge in [-0.2, -0.15) is 5.26 Å². The van der Waals surface area contributed by atoms with Crippen LogP contribution in [0.25, 0.3) is 0 Å². The van der Waals surface area contributed by atoms with Crippen molar-refractivity contribution in [3.05, 3.63) is 33.7 Å². The molecule has 1 rings (SSSR count). The van der Waals surface area contributed by atoms with Crippen molar-refractivity contribution in [3.63, 3.8) is 0 Å². The highest BCUT2D eigenvalue weighted by atomic mass is 16.3. The maximum absolute atomic E-state index is 11.5. The van der Waals surface area contributed by atoms with E-state index in [-0.39, 0.29) is 12.2 Å². The maximum Gasteiger partial charge on any atom is 0.268 e. The second-order valence-electron chi connectivity index (χ2n) is 2.75. The van der Waals surface area contributed by atoms with Crippen molar-refractivity contribution in [1.29, 1.82) is 5.26 Å². The van der Waals surface area contributed by atoms with Gasteiger partial charge in [0.25, 0.3) is 5.56 Å². The number of hydrogen-bond donors (Lipinski definition) is 2. The summed E-state index contributed by atoms with van der Waals surface area (Å²) >= 11 is 0.